The Hall–Kier alpha value is -3.86. The van der Waals surface area contributed by atoms with E-state index in [1.807, 2.05) is 128 Å². The Morgan fingerprint density at radius 2 is 1.13 bits per heavy atom. The van der Waals surface area contributed by atoms with Crippen LogP contribution in [0.15, 0.2) is 121 Å². The van der Waals surface area contributed by atoms with Gasteiger partial charge in [-0.15, -0.1) is 0 Å². The fraction of sp³-hybridized carbons (Fsp3) is 0.409. The number of ether oxygens (including phenoxy) is 5. The molecule has 0 spiro atoms. The molecule has 3 N–H and O–H groups in total. The molecule has 0 amide bonds. The van der Waals surface area contributed by atoms with E-state index in [9.17, 15) is 10.2 Å². The number of aliphatic hydroxyl groups excluding tert-OH is 2. The van der Waals surface area contributed by atoms with Crippen molar-refractivity contribution in [3.8, 4) is 0 Å². The molecule has 8 heteroatoms. The summed E-state index contributed by atoms with van der Waals surface area (Å²) in [6.45, 7) is 3.74. The minimum Gasteiger partial charge on any atom is -0.396 e. The summed E-state index contributed by atoms with van der Waals surface area (Å²) in [5.41, 5.74) is 3.30. The smallest absolute Gasteiger partial charge is 0.152 e. The zero-order valence-corrected chi connectivity index (χ0v) is 30.1. The Kier molecular flexibility index (Phi) is 14.0. The maximum absolute atomic E-state index is 12.9. The molecule has 1 heterocycles. The van der Waals surface area contributed by atoms with Crippen LogP contribution in [0, 0.1) is 0 Å². The first-order valence-corrected chi connectivity index (χ1v) is 18.7. The number of para-hydroxylation sites is 1. The van der Waals surface area contributed by atoms with Crippen molar-refractivity contribution in [1.29, 1.82) is 0 Å². The normalized spacial score (nSPS) is 23.2. The summed E-state index contributed by atoms with van der Waals surface area (Å²) in [5.74, 6) is 0. The van der Waals surface area contributed by atoms with Gasteiger partial charge in [-0.1, -0.05) is 128 Å². The molecule has 0 aliphatic heterocycles. The molecule has 6 unspecified atom stereocenters. The Morgan fingerprint density at radius 3 is 1.75 bits per heavy atom. The van der Waals surface area contributed by atoms with Gasteiger partial charge in [0.2, 0.25) is 0 Å². The van der Waals surface area contributed by atoms with Crippen LogP contribution in [0.4, 0.5) is 0 Å². The zero-order chi connectivity index (χ0) is 36.0. The van der Waals surface area contributed by atoms with E-state index in [1.165, 1.54) is 0 Å². The highest BCUT2D eigenvalue weighted by molar-refractivity contribution is 5.84. The van der Waals surface area contributed by atoms with Gasteiger partial charge < -0.3 is 38.9 Å². The molecular formula is C44H53NO7. The minimum absolute atomic E-state index is 0.205. The van der Waals surface area contributed by atoms with Crippen molar-refractivity contribution < 1.29 is 33.9 Å². The van der Waals surface area contributed by atoms with Gasteiger partial charge in [0, 0.05) is 42.5 Å². The number of aromatic nitrogens is 1. The van der Waals surface area contributed by atoms with Crippen molar-refractivity contribution in [3.05, 3.63) is 144 Å². The molecule has 52 heavy (non-hydrogen) atoms. The zero-order valence-electron chi connectivity index (χ0n) is 30.1. The fourth-order valence-electron chi connectivity index (χ4n) is 7.42. The molecule has 5 aromatic rings. The standard InChI is InChI=1S/C44H53NO7/c1-2-52-44(37-29-45-38-26-16-15-25-36(37)38)42(47)40(48-28-18-5-3-4-17-27-46)39(49-30-33-19-9-6-10-20-33)41(50-31-34-21-11-7-12-22-34)43(44)51-32-35-23-13-8-14-24-35/h6-16,19-26,29,39-43,45-47H,2-5,17-18,27-28,30-32H2,1H3. The van der Waals surface area contributed by atoms with Gasteiger partial charge in [0.1, 0.15) is 30.5 Å². The van der Waals surface area contributed by atoms with E-state index in [0.717, 1.165) is 65.3 Å². The lowest BCUT2D eigenvalue weighted by Crippen LogP contribution is -2.71. The Morgan fingerprint density at radius 1 is 0.596 bits per heavy atom. The first kappa shape index (κ1) is 37.9. The first-order valence-electron chi connectivity index (χ1n) is 18.7. The van der Waals surface area contributed by atoms with Crippen molar-refractivity contribution in [2.45, 2.75) is 95.0 Å². The number of rotatable bonds is 20. The second-order valence-corrected chi connectivity index (χ2v) is 13.5. The second kappa shape index (κ2) is 19.3. The summed E-state index contributed by atoms with van der Waals surface area (Å²) >= 11 is 0. The second-order valence-electron chi connectivity index (χ2n) is 13.5. The summed E-state index contributed by atoms with van der Waals surface area (Å²) in [6, 6.07) is 38.2. The highest BCUT2D eigenvalue weighted by atomic mass is 16.6. The number of fused-ring (bicyclic) bond motifs is 1. The Bertz CT molecular complexity index is 1730. The molecule has 1 aliphatic carbocycles. The topological polar surface area (TPSA) is 102 Å². The fourth-order valence-corrected chi connectivity index (χ4v) is 7.42. The van der Waals surface area contributed by atoms with Crippen LogP contribution < -0.4 is 0 Å². The number of hydrogen-bond donors (Lipinski definition) is 3. The highest BCUT2D eigenvalue weighted by Crippen LogP contribution is 2.48. The van der Waals surface area contributed by atoms with Crippen molar-refractivity contribution in [2.75, 3.05) is 19.8 Å². The summed E-state index contributed by atoms with van der Waals surface area (Å²) in [5, 5.41) is 23.1. The summed E-state index contributed by atoms with van der Waals surface area (Å²) in [6.07, 6.45) is 2.19. The Labute approximate surface area is 307 Å². The van der Waals surface area contributed by atoms with Crippen LogP contribution in [-0.4, -0.2) is 65.5 Å². The van der Waals surface area contributed by atoms with Crippen LogP contribution in [0.25, 0.3) is 10.9 Å². The van der Waals surface area contributed by atoms with Gasteiger partial charge in [-0.05, 0) is 42.5 Å². The minimum atomic E-state index is -1.40. The van der Waals surface area contributed by atoms with Gasteiger partial charge in [0.05, 0.1) is 19.8 Å². The molecule has 8 nitrogen and oxygen atoms in total. The van der Waals surface area contributed by atoms with E-state index in [0.29, 0.717) is 26.4 Å². The molecule has 0 bridgehead atoms. The van der Waals surface area contributed by atoms with E-state index < -0.39 is 36.1 Å². The van der Waals surface area contributed by atoms with Crippen LogP contribution >= 0.6 is 0 Å². The average molecular weight is 708 g/mol. The molecule has 6 atom stereocenters. The molecule has 1 saturated carbocycles. The number of unbranched alkanes of at least 4 members (excludes halogenated alkanes) is 4. The third kappa shape index (κ3) is 9.01. The van der Waals surface area contributed by atoms with E-state index in [2.05, 4.69) is 4.98 Å². The number of H-pyrrole nitrogens is 1. The van der Waals surface area contributed by atoms with Crippen LogP contribution in [0.3, 0.4) is 0 Å². The molecule has 1 aliphatic rings. The first-order chi connectivity index (χ1) is 25.7. The molecule has 4 aromatic carbocycles. The van der Waals surface area contributed by atoms with Gasteiger partial charge in [0.25, 0.3) is 0 Å². The van der Waals surface area contributed by atoms with E-state index >= 15 is 0 Å². The number of nitrogens with one attached hydrogen (secondary N) is 1. The summed E-state index contributed by atoms with van der Waals surface area (Å²) < 4.78 is 34.5. The van der Waals surface area contributed by atoms with Crippen molar-refractivity contribution in [3.63, 3.8) is 0 Å². The monoisotopic (exact) mass is 707 g/mol. The Balaban J connectivity index is 1.45. The van der Waals surface area contributed by atoms with E-state index in [4.69, 9.17) is 23.7 Å². The van der Waals surface area contributed by atoms with Gasteiger partial charge in [-0.3, -0.25) is 0 Å². The molecule has 276 valence electrons. The SMILES string of the molecule is CCOC1(c2c[nH]c3ccccc23)C(O)C(OCCCCCCCO)C(OCc2ccccc2)C(OCc2ccccc2)C1OCc1ccccc1. The van der Waals surface area contributed by atoms with Crippen LogP contribution in [0.5, 0.6) is 0 Å². The average Bonchev–Trinajstić information content (AvgIpc) is 3.63. The van der Waals surface area contributed by atoms with Gasteiger partial charge in [-0.2, -0.15) is 0 Å². The molecule has 1 aromatic heterocycles. The maximum atomic E-state index is 12.9. The lowest BCUT2D eigenvalue weighted by atomic mass is 9.70. The molecule has 0 radical (unpaired) electrons. The van der Waals surface area contributed by atoms with Crippen molar-refractivity contribution in [1.82, 2.24) is 4.98 Å². The van der Waals surface area contributed by atoms with E-state index in [1.54, 1.807) is 0 Å². The predicted molar refractivity (Wildman–Crippen MR) is 203 cm³/mol. The lowest BCUT2D eigenvalue weighted by molar-refractivity contribution is -0.321. The molecule has 1 fully saturated rings. The molecule has 6 rings (SSSR count). The quantitative estimate of drug-likeness (QED) is 0.0709. The third-order valence-corrected chi connectivity index (χ3v) is 9.97. The van der Waals surface area contributed by atoms with Crippen LogP contribution in [0.1, 0.15) is 61.3 Å². The number of aliphatic hydroxyl groups is 2. The number of hydrogen-bond acceptors (Lipinski definition) is 7. The number of aromatic amines is 1. The van der Waals surface area contributed by atoms with Gasteiger partial charge >= 0.3 is 0 Å². The van der Waals surface area contributed by atoms with Gasteiger partial charge in [-0.25, -0.2) is 0 Å². The summed E-state index contributed by atoms with van der Waals surface area (Å²) in [4.78, 5) is 3.43. The van der Waals surface area contributed by atoms with Crippen LogP contribution in [-0.2, 0) is 49.1 Å². The van der Waals surface area contributed by atoms with Crippen molar-refractivity contribution in [2.24, 2.45) is 0 Å². The van der Waals surface area contributed by atoms with Gasteiger partial charge in [0.15, 0.2) is 5.60 Å². The molecule has 0 saturated heterocycles. The lowest BCUT2D eigenvalue weighted by Gasteiger charge is -2.55. The predicted octanol–water partition coefficient (Wildman–Crippen LogP) is 7.86. The molecular weight excluding hydrogens is 654 g/mol. The summed E-state index contributed by atoms with van der Waals surface area (Å²) in [7, 11) is 0. The number of benzene rings is 4. The largest absolute Gasteiger partial charge is 0.396 e. The van der Waals surface area contributed by atoms with Crippen LogP contribution in [0.2, 0.25) is 0 Å². The van der Waals surface area contributed by atoms with E-state index in [-0.39, 0.29) is 13.2 Å². The maximum Gasteiger partial charge on any atom is 0.152 e. The highest BCUT2D eigenvalue weighted by Gasteiger charge is 2.64. The van der Waals surface area contributed by atoms with Crippen molar-refractivity contribution >= 4 is 10.9 Å². The third-order valence-electron chi connectivity index (χ3n) is 9.97.